The van der Waals surface area contributed by atoms with Gasteiger partial charge in [0.2, 0.25) is 0 Å². The Morgan fingerprint density at radius 2 is 1.95 bits per heavy atom. The van der Waals surface area contributed by atoms with Gasteiger partial charge in [-0.25, -0.2) is 19.2 Å². The van der Waals surface area contributed by atoms with E-state index < -0.39 is 22.0 Å². The monoisotopic (exact) mass is 604 g/mol. The number of halogens is 1. The van der Waals surface area contributed by atoms with Gasteiger partial charge in [0.25, 0.3) is 10.2 Å². The van der Waals surface area contributed by atoms with Crippen LogP contribution in [0.1, 0.15) is 42.5 Å². The highest BCUT2D eigenvalue weighted by Gasteiger charge is 2.46. The van der Waals surface area contributed by atoms with Crippen LogP contribution in [0.15, 0.2) is 30.7 Å². The standard InChI is InChI=1S/C28H37FN6O6S/c1-39-27(36)23-13-20(29)3-6-24(23)41-25-14-30-19-31-26(25)34-17-28(18-34)7-11-33(12-8-28)15-22-5-4-21(16-40-22)32-42(37,38)35-9-2-10-35/h3,6,13-14,19,21-22,32H,2,4-5,7-12,15-18H2,1H3/t21-,22+/m1/s1. The van der Waals surface area contributed by atoms with Crippen molar-refractivity contribution in [1.29, 1.82) is 0 Å². The predicted octanol–water partition coefficient (Wildman–Crippen LogP) is 2.18. The van der Waals surface area contributed by atoms with Crippen LogP contribution >= 0.6 is 0 Å². The van der Waals surface area contributed by atoms with Crippen molar-refractivity contribution in [2.45, 2.75) is 44.2 Å². The number of hydrogen-bond donors (Lipinski definition) is 1. The molecule has 4 saturated heterocycles. The summed E-state index contributed by atoms with van der Waals surface area (Å²) in [4.78, 5) is 25.3. The summed E-state index contributed by atoms with van der Waals surface area (Å²) in [6.45, 7) is 6.08. The number of piperidine rings is 1. The Hall–Kier alpha value is -2.91. The fraction of sp³-hybridized carbons (Fsp3) is 0.607. The fourth-order valence-corrected chi connectivity index (χ4v) is 7.68. The largest absolute Gasteiger partial charge is 0.465 e. The predicted molar refractivity (Wildman–Crippen MR) is 151 cm³/mol. The lowest BCUT2D eigenvalue weighted by molar-refractivity contribution is -0.0301. The number of hydrogen-bond acceptors (Lipinski definition) is 10. The lowest BCUT2D eigenvalue weighted by Crippen LogP contribution is -2.61. The molecule has 2 atom stereocenters. The van der Waals surface area contributed by atoms with Crippen molar-refractivity contribution in [2.24, 2.45) is 5.41 Å². The first-order chi connectivity index (χ1) is 20.2. The van der Waals surface area contributed by atoms with E-state index in [-0.39, 0.29) is 28.9 Å². The van der Waals surface area contributed by atoms with Crippen molar-refractivity contribution in [3.63, 3.8) is 0 Å². The number of rotatable bonds is 9. The third kappa shape index (κ3) is 6.23. The summed E-state index contributed by atoms with van der Waals surface area (Å²) in [5.74, 6) is -0.0578. The molecule has 4 fully saturated rings. The first-order valence-corrected chi connectivity index (χ1v) is 15.9. The van der Waals surface area contributed by atoms with Crippen molar-refractivity contribution in [1.82, 2.24) is 23.9 Å². The second kappa shape index (κ2) is 12.0. The zero-order valence-electron chi connectivity index (χ0n) is 23.7. The van der Waals surface area contributed by atoms with Crippen LogP contribution in [0.4, 0.5) is 10.2 Å². The van der Waals surface area contributed by atoms with Gasteiger partial charge >= 0.3 is 5.97 Å². The molecule has 0 aliphatic carbocycles. The van der Waals surface area contributed by atoms with E-state index in [1.54, 1.807) is 6.20 Å². The van der Waals surface area contributed by atoms with Crippen LogP contribution in [0.2, 0.25) is 0 Å². The highest BCUT2D eigenvalue weighted by atomic mass is 32.2. The smallest absolute Gasteiger partial charge is 0.341 e. The first-order valence-electron chi connectivity index (χ1n) is 14.5. The van der Waals surface area contributed by atoms with Crippen LogP contribution in [-0.2, 0) is 19.7 Å². The Bertz CT molecular complexity index is 1390. The third-order valence-electron chi connectivity index (χ3n) is 8.80. The van der Waals surface area contributed by atoms with Gasteiger partial charge in [-0.3, -0.25) is 0 Å². The molecule has 1 N–H and O–H groups in total. The number of methoxy groups -OCH3 is 1. The van der Waals surface area contributed by atoms with E-state index in [9.17, 15) is 17.6 Å². The van der Waals surface area contributed by atoms with Crippen molar-refractivity contribution < 1.29 is 31.8 Å². The van der Waals surface area contributed by atoms with Crippen molar-refractivity contribution >= 4 is 22.0 Å². The molecule has 0 unspecified atom stereocenters. The normalized spacial score (nSPS) is 24.6. The number of anilines is 1. The summed E-state index contributed by atoms with van der Waals surface area (Å²) < 4.78 is 59.6. The number of ether oxygens (including phenoxy) is 3. The molecule has 1 aromatic carbocycles. The number of nitrogens with zero attached hydrogens (tertiary/aromatic N) is 5. The minimum Gasteiger partial charge on any atom is -0.465 e. The molecule has 5 heterocycles. The Kier molecular flexibility index (Phi) is 8.33. The van der Waals surface area contributed by atoms with Gasteiger partial charge in [0, 0.05) is 44.2 Å². The summed E-state index contributed by atoms with van der Waals surface area (Å²) in [6, 6.07) is 3.55. The molecule has 0 radical (unpaired) electrons. The van der Waals surface area contributed by atoms with Gasteiger partial charge in [-0.15, -0.1) is 0 Å². The highest BCUT2D eigenvalue weighted by molar-refractivity contribution is 7.87. The second-order valence-electron chi connectivity index (χ2n) is 11.7. The zero-order valence-corrected chi connectivity index (χ0v) is 24.5. The average Bonchev–Trinajstić information content (AvgIpc) is 2.93. The molecule has 1 spiro atoms. The van der Waals surface area contributed by atoms with Gasteiger partial charge in [0.1, 0.15) is 23.5 Å². The number of nitrogens with one attached hydrogen (secondary N) is 1. The SMILES string of the molecule is COC(=O)c1cc(F)ccc1Oc1cncnc1N1CC2(CCN(C[C@@H]3CC[C@@H](NS(=O)(=O)N4CCC4)CO3)CC2)C1. The van der Waals surface area contributed by atoms with Crippen molar-refractivity contribution in [3.05, 3.63) is 42.1 Å². The fourth-order valence-electron chi connectivity index (χ4n) is 6.18. The maximum Gasteiger partial charge on any atom is 0.341 e. The van der Waals surface area contributed by atoms with Gasteiger partial charge in [0.15, 0.2) is 11.6 Å². The van der Waals surface area contributed by atoms with Crippen LogP contribution in [0.5, 0.6) is 11.5 Å². The highest BCUT2D eigenvalue weighted by Crippen LogP contribution is 2.45. The minimum absolute atomic E-state index is 0.00908. The van der Waals surface area contributed by atoms with E-state index in [0.717, 1.165) is 70.9 Å². The molecule has 12 nitrogen and oxygen atoms in total. The quantitative estimate of drug-likeness (QED) is 0.426. The van der Waals surface area contributed by atoms with E-state index in [2.05, 4.69) is 24.5 Å². The van der Waals surface area contributed by atoms with Gasteiger partial charge in [0.05, 0.1) is 26.0 Å². The summed E-state index contributed by atoms with van der Waals surface area (Å²) >= 11 is 0. The number of aromatic nitrogens is 2. The summed E-state index contributed by atoms with van der Waals surface area (Å²) in [7, 11) is -2.15. The topological polar surface area (TPSA) is 126 Å². The van der Waals surface area contributed by atoms with Crippen molar-refractivity contribution in [3.8, 4) is 11.5 Å². The lowest BCUT2D eigenvalue weighted by Gasteiger charge is -2.54. The summed E-state index contributed by atoms with van der Waals surface area (Å²) in [6.07, 6.45) is 7.78. The molecule has 42 heavy (non-hydrogen) atoms. The molecule has 0 saturated carbocycles. The number of benzene rings is 1. The maximum absolute atomic E-state index is 13.8. The van der Waals surface area contributed by atoms with Crippen LogP contribution < -0.4 is 14.4 Å². The Morgan fingerprint density at radius 3 is 2.62 bits per heavy atom. The van der Waals surface area contributed by atoms with Gasteiger partial charge < -0.3 is 24.0 Å². The maximum atomic E-state index is 13.8. The molecule has 14 heteroatoms. The molecule has 4 aliphatic rings. The molecule has 228 valence electrons. The molecular weight excluding hydrogens is 567 g/mol. The van der Waals surface area contributed by atoms with E-state index in [4.69, 9.17) is 14.2 Å². The van der Waals surface area contributed by atoms with Crippen LogP contribution in [0, 0.1) is 11.2 Å². The zero-order chi connectivity index (χ0) is 29.3. The molecule has 1 aromatic heterocycles. The Labute approximate surface area is 245 Å². The van der Waals surface area contributed by atoms with E-state index in [0.29, 0.717) is 31.3 Å². The summed E-state index contributed by atoms with van der Waals surface area (Å²) in [5.41, 5.74) is 0.185. The van der Waals surface area contributed by atoms with Crippen LogP contribution in [-0.4, -0.2) is 105 Å². The summed E-state index contributed by atoms with van der Waals surface area (Å²) in [5, 5.41) is 0. The molecular formula is C28H37FN6O6S. The van der Waals surface area contributed by atoms with E-state index in [1.807, 2.05) is 0 Å². The van der Waals surface area contributed by atoms with Crippen LogP contribution in [0.3, 0.4) is 0 Å². The first kappa shape index (κ1) is 29.2. The number of carbonyl (C=O) groups excluding carboxylic acids is 1. The van der Waals surface area contributed by atoms with E-state index in [1.165, 1.54) is 29.9 Å². The van der Waals surface area contributed by atoms with Crippen LogP contribution in [0.25, 0.3) is 0 Å². The Morgan fingerprint density at radius 1 is 1.17 bits per heavy atom. The third-order valence-corrected chi connectivity index (χ3v) is 10.5. The number of carbonyl (C=O) groups is 1. The second-order valence-corrected chi connectivity index (χ2v) is 13.4. The molecule has 0 amide bonds. The number of esters is 1. The minimum atomic E-state index is -3.39. The van der Waals surface area contributed by atoms with E-state index >= 15 is 0 Å². The molecule has 6 rings (SSSR count). The molecule has 2 aromatic rings. The number of likely N-dealkylation sites (tertiary alicyclic amines) is 1. The van der Waals surface area contributed by atoms with Gasteiger partial charge in [-0.2, -0.15) is 17.4 Å². The Balaban J connectivity index is 0.984. The average molecular weight is 605 g/mol. The lowest BCUT2D eigenvalue weighted by atomic mass is 9.72. The molecule has 4 aliphatic heterocycles. The van der Waals surface area contributed by atoms with Crippen molar-refractivity contribution in [2.75, 3.05) is 64.4 Å². The van der Waals surface area contributed by atoms with Gasteiger partial charge in [-0.1, -0.05) is 0 Å². The molecule has 0 bridgehead atoms. The van der Waals surface area contributed by atoms with Gasteiger partial charge in [-0.05, 0) is 63.4 Å².